The molecule has 2 amide bonds. The van der Waals surface area contributed by atoms with E-state index in [4.69, 9.17) is 5.73 Å². The van der Waals surface area contributed by atoms with E-state index in [9.17, 15) is 9.59 Å². The van der Waals surface area contributed by atoms with Gasteiger partial charge in [-0.3, -0.25) is 9.59 Å². The molecule has 2 aromatic carbocycles. The van der Waals surface area contributed by atoms with Gasteiger partial charge in [0, 0.05) is 36.6 Å². The Morgan fingerprint density at radius 3 is 2.50 bits per heavy atom. The maximum absolute atomic E-state index is 13.4. The van der Waals surface area contributed by atoms with Crippen molar-refractivity contribution in [3.8, 4) is 0 Å². The number of rotatable bonds is 3. The van der Waals surface area contributed by atoms with Crippen LogP contribution in [0.5, 0.6) is 0 Å². The van der Waals surface area contributed by atoms with Crippen molar-refractivity contribution >= 4 is 22.7 Å². The highest BCUT2D eigenvalue weighted by atomic mass is 16.2. The number of carbonyl (C=O) groups is 2. The quantitative estimate of drug-likeness (QED) is 0.791. The van der Waals surface area contributed by atoms with E-state index in [2.05, 4.69) is 4.57 Å². The Balaban J connectivity index is 1.79. The molecule has 26 heavy (non-hydrogen) atoms. The van der Waals surface area contributed by atoms with E-state index in [1.165, 1.54) is 0 Å². The van der Waals surface area contributed by atoms with Gasteiger partial charge in [0.2, 0.25) is 5.91 Å². The summed E-state index contributed by atoms with van der Waals surface area (Å²) in [7, 11) is 0. The maximum Gasteiger partial charge on any atom is 0.257 e. The van der Waals surface area contributed by atoms with Gasteiger partial charge >= 0.3 is 0 Å². The first-order chi connectivity index (χ1) is 12.6. The zero-order valence-corrected chi connectivity index (χ0v) is 14.7. The molecule has 4 rings (SSSR count). The average Bonchev–Trinajstić information content (AvgIpc) is 3.05. The number of para-hydroxylation sites is 1. The molecule has 0 saturated carbocycles. The molecule has 0 radical (unpaired) electrons. The lowest BCUT2D eigenvalue weighted by atomic mass is 9.93. The highest BCUT2D eigenvalue weighted by molar-refractivity contribution is 6.08. The van der Waals surface area contributed by atoms with Crippen LogP contribution in [-0.2, 0) is 24.3 Å². The number of carbonyl (C=O) groups excluding carboxylic acids is 2. The van der Waals surface area contributed by atoms with E-state index in [1.54, 1.807) is 4.90 Å². The van der Waals surface area contributed by atoms with E-state index >= 15 is 0 Å². The number of benzene rings is 2. The normalized spacial score (nSPS) is 16.5. The summed E-state index contributed by atoms with van der Waals surface area (Å²) >= 11 is 0. The molecule has 0 fully saturated rings. The molecule has 3 aromatic rings. The second-order valence-electron chi connectivity index (χ2n) is 6.67. The molecular formula is C21H21N3O2. The molecule has 1 aliphatic heterocycles. The third-order valence-electron chi connectivity index (χ3n) is 5.20. The van der Waals surface area contributed by atoms with Crippen molar-refractivity contribution in [1.29, 1.82) is 0 Å². The van der Waals surface area contributed by atoms with Gasteiger partial charge in [0.05, 0.1) is 5.56 Å². The number of fused-ring (bicyclic) bond motifs is 2. The smallest absolute Gasteiger partial charge is 0.257 e. The first kappa shape index (κ1) is 16.4. The first-order valence-corrected chi connectivity index (χ1v) is 8.85. The van der Waals surface area contributed by atoms with Crippen LogP contribution in [0.3, 0.4) is 0 Å². The molecule has 1 aliphatic rings. The predicted molar refractivity (Wildman–Crippen MR) is 101 cm³/mol. The third kappa shape index (κ3) is 2.56. The average molecular weight is 347 g/mol. The number of nitrogens with zero attached hydrogens (tertiary/aromatic N) is 2. The lowest BCUT2D eigenvalue weighted by Gasteiger charge is -2.35. The zero-order chi connectivity index (χ0) is 18.3. The van der Waals surface area contributed by atoms with Crippen LogP contribution in [0.4, 0.5) is 0 Å². The van der Waals surface area contributed by atoms with Gasteiger partial charge in [-0.05, 0) is 24.1 Å². The number of aryl methyl sites for hydroxylation is 1. The van der Waals surface area contributed by atoms with Crippen molar-refractivity contribution in [2.75, 3.05) is 0 Å². The SMILES string of the molecule is CCn1cc(C(=O)N2Cc3ccccc3C[C@H]2C(N)=O)c2ccccc21. The van der Waals surface area contributed by atoms with Gasteiger partial charge in [-0.2, -0.15) is 0 Å². The van der Waals surface area contributed by atoms with Crippen LogP contribution in [-0.4, -0.2) is 27.3 Å². The van der Waals surface area contributed by atoms with Gasteiger partial charge in [-0.15, -0.1) is 0 Å². The maximum atomic E-state index is 13.4. The Morgan fingerprint density at radius 2 is 1.77 bits per heavy atom. The van der Waals surface area contributed by atoms with Crippen LogP contribution >= 0.6 is 0 Å². The Labute approximate surface area is 152 Å². The number of primary amides is 1. The molecular weight excluding hydrogens is 326 g/mol. The van der Waals surface area contributed by atoms with Gasteiger partial charge in [0.15, 0.2) is 0 Å². The molecule has 0 unspecified atom stereocenters. The number of hydrogen-bond donors (Lipinski definition) is 1. The highest BCUT2D eigenvalue weighted by Gasteiger charge is 2.34. The Kier molecular flexibility index (Phi) is 3.99. The number of aromatic nitrogens is 1. The molecule has 0 saturated heterocycles. The Morgan fingerprint density at radius 1 is 1.08 bits per heavy atom. The Hall–Kier alpha value is -3.08. The third-order valence-corrected chi connectivity index (χ3v) is 5.20. The second kappa shape index (κ2) is 6.33. The van der Waals surface area contributed by atoms with Crippen LogP contribution in [0.25, 0.3) is 10.9 Å². The fourth-order valence-electron chi connectivity index (χ4n) is 3.82. The van der Waals surface area contributed by atoms with Gasteiger partial charge in [0.1, 0.15) is 6.04 Å². The number of nitrogens with two attached hydrogens (primary N) is 1. The summed E-state index contributed by atoms with van der Waals surface area (Å²) < 4.78 is 2.06. The minimum atomic E-state index is -0.624. The van der Waals surface area contributed by atoms with E-state index in [0.29, 0.717) is 18.5 Å². The first-order valence-electron chi connectivity index (χ1n) is 8.85. The largest absolute Gasteiger partial charge is 0.368 e. The molecule has 5 nitrogen and oxygen atoms in total. The summed E-state index contributed by atoms with van der Waals surface area (Å²) in [6.07, 6.45) is 2.34. The van der Waals surface area contributed by atoms with Crippen molar-refractivity contribution in [2.45, 2.75) is 32.5 Å². The number of amides is 2. The van der Waals surface area contributed by atoms with Crippen LogP contribution in [0.15, 0.2) is 54.7 Å². The highest BCUT2D eigenvalue weighted by Crippen LogP contribution is 2.28. The molecule has 5 heteroatoms. The summed E-state index contributed by atoms with van der Waals surface area (Å²) in [5, 5.41) is 0.904. The van der Waals surface area contributed by atoms with Crippen LogP contribution in [0.2, 0.25) is 0 Å². The zero-order valence-electron chi connectivity index (χ0n) is 14.7. The second-order valence-corrected chi connectivity index (χ2v) is 6.67. The molecule has 1 atom stereocenters. The van der Waals surface area contributed by atoms with Crippen molar-refractivity contribution < 1.29 is 9.59 Å². The molecule has 0 aliphatic carbocycles. The molecule has 2 N–H and O–H groups in total. The molecule has 0 bridgehead atoms. The minimum Gasteiger partial charge on any atom is -0.368 e. The van der Waals surface area contributed by atoms with E-state index in [-0.39, 0.29) is 5.91 Å². The van der Waals surface area contributed by atoms with E-state index in [1.807, 2.05) is 61.7 Å². The summed E-state index contributed by atoms with van der Waals surface area (Å²) in [4.78, 5) is 27.0. The molecule has 1 aromatic heterocycles. The lowest BCUT2D eigenvalue weighted by molar-refractivity contribution is -0.122. The van der Waals surface area contributed by atoms with Crippen molar-refractivity contribution in [3.63, 3.8) is 0 Å². The van der Waals surface area contributed by atoms with Crippen LogP contribution in [0.1, 0.15) is 28.4 Å². The summed E-state index contributed by atoms with van der Waals surface area (Å²) in [6.45, 7) is 3.22. The van der Waals surface area contributed by atoms with Gasteiger partial charge < -0.3 is 15.2 Å². The lowest BCUT2D eigenvalue weighted by Crippen LogP contribution is -2.51. The Bertz CT molecular complexity index is 1010. The monoisotopic (exact) mass is 347 g/mol. The van der Waals surface area contributed by atoms with Crippen molar-refractivity contribution in [2.24, 2.45) is 5.73 Å². The molecule has 132 valence electrons. The van der Waals surface area contributed by atoms with Crippen molar-refractivity contribution in [1.82, 2.24) is 9.47 Å². The molecule has 2 heterocycles. The van der Waals surface area contributed by atoms with Gasteiger partial charge in [-0.1, -0.05) is 42.5 Å². The number of hydrogen-bond acceptors (Lipinski definition) is 2. The molecule has 0 spiro atoms. The summed E-state index contributed by atoms with van der Waals surface area (Å²) in [5.74, 6) is -0.612. The van der Waals surface area contributed by atoms with Crippen LogP contribution < -0.4 is 5.73 Å². The summed E-state index contributed by atoms with van der Waals surface area (Å²) in [6, 6.07) is 15.1. The van der Waals surface area contributed by atoms with E-state index in [0.717, 1.165) is 28.6 Å². The van der Waals surface area contributed by atoms with Crippen LogP contribution in [0, 0.1) is 0 Å². The fraction of sp³-hybridized carbons (Fsp3) is 0.238. The minimum absolute atomic E-state index is 0.147. The topological polar surface area (TPSA) is 68.3 Å². The standard InChI is InChI=1S/C21H21N3O2/c1-2-23-13-17(16-9-5-6-10-18(16)23)21(26)24-12-15-8-4-3-7-14(15)11-19(24)20(22)25/h3-10,13,19H,2,11-12H2,1H3,(H2,22,25)/t19-/m0/s1. The van der Waals surface area contributed by atoms with E-state index < -0.39 is 11.9 Å². The van der Waals surface area contributed by atoms with Gasteiger partial charge in [-0.25, -0.2) is 0 Å². The predicted octanol–water partition coefficient (Wildman–Crippen LogP) is 2.71. The van der Waals surface area contributed by atoms with Gasteiger partial charge in [0.25, 0.3) is 5.91 Å². The van der Waals surface area contributed by atoms with Crippen molar-refractivity contribution in [3.05, 3.63) is 71.4 Å². The fourth-order valence-corrected chi connectivity index (χ4v) is 3.82. The summed E-state index contributed by atoms with van der Waals surface area (Å²) in [5.41, 5.74) is 9.42.